The van der Waals surface area contributed by atoms with Gasteiger partial charge < -0.3 is 15.2 Å². The lowest BCUT2D eigenvalue weighted by Gasteiger charge is -2.13. The Kier molecular flexibility index (Phi) is 3.85. The van der Waals surface area contributed by atoms with Crippen molar-refractivity contribution in [3.8, 4) is 11.5 Å². The number of hydrogen-bond donors (Lipinski definition) is 1. The van der Waals surface area contributed by atoms with Gasteiger partial charge in [0.2, 0.25) is 0 Å². The van der Waals surface area contributed by atoms with E-state index in [4.69, 9.17) is 15.2 Å². The standard InChI is InChI=1S/C10H13F2NO2/c1-14-7-4-3-6(5-8(7)15-2)9(13)10(11)12/h3-5,9-10H,13H2,1-2H3/t9-/m0/s1. The Labute approximate surface area is 86.8 Å². The number of rotatable bonds is 4. The average Bonchev–Trinajstić information content (AvgIpc) is 2.26. The molecule has 2 N–H and O–H groups in total. The molecule has 0 saturated heterocycles. The Morgan fingerprint density at radius 1 is 1.13 bits per heavy atom. The maximum absolute atomic E-state index is 12.3. The second kappa shape index (κ2) is 4.93. The van der Waals surface area contributed by atoms with Gasteiger partial charge in [0.1, 0.15) is 0 Å². The summed E-state index contributed by atoms with van der Waals surface area (Å²) in [6.45, 7) is 0. The van der Waals surface area contributed by atoms with Gasteiger partial charge in [-0.05, 0) is 17.7 Å². The third-order valence-electron chi connectivity index (χ3n) is 2.06. The minimum Gasteiger partial charge on any atom is -0.493 e. The van der Waals surface area contributed by atoms with E-state index in [0.29, 0.717) is 17.1 Å². The van der Waals surface area contributed by atoms with Crippen LogP contribution in [-0.4, -0.2) is 20.6 Å². The van der Waals surface area contributed by atoms with E-state index in [-0.39, 0.29) is 0 Å². The van der Waals surface area contributed by atoms with Crippen LogP contribution in [0.25, 0.3) is 0 Å². The molecule has 1 rings (SSSR count). The van der Waals surface area contributed by atoms with E-state index < -0.39 is 12.5 Å². The molecule has 0 aliphatic carbocycles. The fourth-order valence-electron chi connectivity index (χ4n) is 1.21. The summed E-state index contributed by atoms with van der Waals surface area (Å²) in [4.78, 5) is 0. The number of halogens is 2. The summed E-state index contributed by atoms with van der Waals surface area (Å²) in [6, 6.07) is 3.20. The quantitative estimate of drug-likeness (QED) is 0.838. The zero-order chi connectivity index (χ0) is 11.4. The van der Waals surface area contributed by atoms with Crippen LogP contribution in [-0.2, 0) is 0 Å². The van der Waals surface area contributed by atoms with Crippen LogP contribution in [0.15, 0.2) is 18.2 Å². The predicted molar refractivity (Wildman–Crippen MR) is 52.5 cm³/mol. The van der Waals surface area contributed by atoms with Gasteiger partial charge in [-0.1, -0.05) is 6.07 Å². The molecule has 0 bridgehead atoms. The highest BCUT2D eigenvalue weighted by Gasteiger charge is 2.18. The van der Waals surface area contributed by atoms with Crippen LogP contribution in [0.2, 0.25) is 0 Å². The fourth-order valence-corrected chi connectivity index (χ4v) is 1.21. The molecular weight excluding hydrogens is 204 g/mol. The van der Waals surface area contributed by atoms with Crippen LogP contribution in [0.4, 0.5) is 8.78 Å². The topological polar surface area (TPSA) is 44.5 Å². The number of hydrogen-bond acceptors (Lipinski definition) is 3. The van der Waals surface area contributed by atoms with Crippen LogP contribution in [0.3, 0.4) is 0 Å². The van der Waals surface area contributed by atoms with Gasteiger partial charge in [-0.2, -0.15) is 0 Å². The molecule has 0 amide bonds. The number of methoxy groups -OCH3 is 2. The minimum absolute atomic E-state index is 0.322. The smallest absolute Gasteiger partial charge is 0.257 e. The average molecular weight is 217 g/mol. The molecule has 1 aromatic rings. The van der Waals surface area contributed by atoms with Gasteiger partial charge in [-0.15, -0.1) is 0 Å². The highest BCUT2D eigenvalue weighted by molar-refractivity contribution is 5.43. The molecule has 0 spiro atoms. The van der Waals surface area contributed by atoms with Crippen molar-refractivity contribution in [2.45, 2.75) is 12.5 Å². The number of alkyl halides is 2. The summed E-state index contributed by atoms with van der Waals surface area (Å²) < 4.78 is 34.6. The number of ether oxygens (including phenoxy) is 2. The lowest BCUT2D eigenvalue weighted by Crippen LogP contribution is -2.18. The molecule has 84 valence electrons. The van der Waals surface area contributed by atoms with Crippen LogP contribution in [0.5, 0.6) is 11.5 Å². The molecule has 0 unspecified atom stereocenters. The Hall–Kier alpha value is -1.36. The van der Waals surface area contributed by atoms with E-state index in [1.54, 1.807) is 6.07 Å². The van der Waals surface area contributed by atoms with Crippen LogP contribution < -0.4 is 15.2 Å². The molecule has 15 heavy (non-hydrogen) atoms. The first-order valence-electron chi connectivity index (χ1n) is 4.35. The second-order valence-corrected chi connectivity index (χ2v) is 2.97. The van der Waals surface area contributed by atoms with Crippen molar-refractivity contribution >= 4 is 0 Å². The van der Waals surface area contributed by atoms with Gasteiger partial charge in [0.05, 0.1) is 20.3 Å². The maximum Gasteiger partial charge on any atom is 0.257 e. The van der Waals surface area contributed by atoms with Crippen molar-refractivity contribution in [1.29, 1.82) is 0 Å². The summed E-state index contributed by atoms with van der Waals surface area (Å²) in [5.41, 5.74) is 5.63. The van der Waals surface area contributed by atoms with Crippen molar-refractivity contribution in [2.75, 3.05) is 14.2 Å². The van der Waals surface area contributed by atoms with Crippen molar-refractivity contribution in [1.82, 2.24) is 0 Å². The molecule has 0 aliphatic heterocycles. The van der Waals surface area contributed by atoms with E-state index in [2.05, 4.69) is 0 Å². The van der Waals surface area contributed by atoms with Crippen LogP contribution >= 0.6 is 0 Å². The van der Waals surface area contributed by atoms with Gasteiger partial charge >= 0.3 is 0 Å². The zero-order valence-corrected chi connectivity index (χ0v) is 8.54. The Morgan fingerprint density at radius 2 is 1.73 bits per heavy atom. The monoisotopic (exact) mass is 217 g/mol. The molecule has 1 aromatic carbocycles. The number of benzene rings is 1. The Bertz CT molecular complexity index is 331. The molecule has 5 heteroatoms. The highest BCUT2D eigenvalue weighted by Crippen LogP contribution is 2.30. The highest BCUT2D eigenvalue weighted by atomic mass is 19.3. The first kappa shape index (κ1) is 11.7. The summed E-state index contributed by atoms with van der Waals surface area (Å²) in [7, 11) is 2.92. The lowest BCUT2D eigenvalue weighted by atomic mass is 10.1. The first-order chi connectivity index (χ1) is 7.10. The van der Waals surface area contributed by atoms with Crippen molar-refractivity contribution in [3.05, 3.63) is 23.8 Å². The molecule has 1 atom stereocenters. The molecule has 0 aliphatic rings. The Morgan fingerprint density at radius 3 is 2.20 bits per heavy atom. The molecule has 0 heterocycles. The summed E-state index contributed by atoms with van der Waals surface area (Å²) in [6.07, 6.45) is -2.59. The van der Waals surface area contributed by atoms with E-state index in [9.17, 15) is 8.78 Å². The number of nitrogens with two attached hydrogens (primary N) is 1. The SMILES string of the molecule is COc1ccc([C@H](N)C(F)F)cc1OC. The van der Waals surface area contributed by atoms with Crippen molar-refractivity contribution in [3.63, 3.8) is 0 Å². The molecule has 0 fully saturated rings. The van der Waals surface area contributed by atoms with Crippen LogP contribution in [0, 0.1) is 0 Å². The summed E-state index contributed by atoms with van der Waals surface area (Å²) >= 11 is 0. The van der Waals surface area contributed by atoms with E-state index in [0.717, 1.165) is 0 Å². The first-order valence-corrected chi connectivity index (χ1v) is 4.35. The normalized spacial score (nSPS) is 12.7. The predicted octanol–water partition coefficient (Wildman–Crippen LogP) is 1.97. The third kappa shape index (κ3) is 2.56. The van der Waals surface area contributed by atoms with Gasteiger partial charge in [0, 0.05) is 0 Å². The molecule has 0 aromatic heterocycles. The van der Waals surface area contributed by atoms with Gasteiger partial charge in [-0.3, -0.25) is 0 Å². The maximum atomic E-state index is 12.3. The zero-order valence-electron chi connectivity index (χ0n) is 8.54. The van der Waals surface area contributed by atoms with E-state index in [1.807, 2.05) is 0 Å². The summed E-state index contributed by atoms with van der Waals surface area (Å²) in [5.74, 6) is 0.883. The van der Waals surface area contributed by atoms with E-state index in [1.165, 1.54) is 26.4 Å². The largest absolute Gasteiger partial charge is 0.493 e. The minimum atomic E-state index is -2.59. The fraction of sp³-hybridized carbons (Fsp3) is 0.400. The van der Waals surface area contributed by atoms with Gasteiger partial charge in [0.25, 0.3) is 6.43 Å². The molecule has 3 nitrogen and oxygen atoms in total. The van der Waals surface area contributed by atoms with Gasteiger partial charge in [-0.25, -0.2) is 8.78 Å². The lowest BCUT2D eigenvalue weighted by molar-refractivity contribution is 0.116. The molecule has 0 radical (unpaired) electrons. The molecule has 0 saturated carbocycles. The summed E-state index contributed by atoms with van der Waals surface area (Å²) in [5, 5.41) is 0. The second-order valence-electron chi connectivity index (χ2n) is 2.97. The molecular formula is C10H13F2NO2. The van der Waals surface area contributed by atoms with E-state index >= 15 is 0 Å². The third-order valence-corrected chi connectivity index (χ3v) is 2.06. The van der Waals surface area contributed by atoms with Gasteiger partial charge in [0.15, 0.2) is 11.5 Å². The Balaban J connectivity index is 3.02. The van der Waals surface area contributed by atoms with Crippen molar-refractivity contribution in [2.24, 2.45) is 5.73 Å². The van der Waals surface area contributed by atoms with Crippen molar-refractivity contribution < 1.29 is 18.3 Å². The van der Waals surface area contributed by atoms with Crippen LogP contribution in [0.1, 0.15) is 11.6 Å².